The topological polar surface area (TPSA) is 92.7 Å². The number of ether oxygens (including phenoxy) is 1. The van der Waals surface area contributed by atoms with Crippen molar-refractivity contribution in [3.63, 3.8) is 0 Å². The van der Waals surface area contributed by atoms with Crippen LogP contribution < -0.4 is 4.74 Å². The van der Waals surface area contributed by atoms with E-state index in [1.807, 2.05) is 0 Å². The second-order valence-electron chi connectivity index (χ2n) is 7.71. The molecule has 9 heteroatoms. The van der Waals surface area contributed by atoms with E-state index in [2.05, 4.69) is 9.97 Å². The summed E-state index contributed by atoms with van der Waals surface area (Å²) in [4.78, 5) is 23.3. The molecule has 8 nitrogen and oxygen atoms in total. The van der Waals surface area contributed by atoms with Gasteiger partial charge in [0.15, 0.2) is 0 Å². The van der Waals surface area contributed by atoms with Crippen LogP contribution in [0.4, 0.5) is 0 Å². The molecule has 2 fully saturated rings. The van der Waals surface area contributed by atoms with Crippen LogP contribution in [-0.2, 0) is 10.0 Å². The molecule has 1 aromatic carbocycles. The van der Waals surface area contributed by atoms with Crippen LogP contribution in [0, 0.1) is 6.92 Å². The van der Waals surface area contributed by atoms with Crippen LogP contribution >= 0.6 is 0 Å². The van der Waals surface area contributed by atoms with Crippen LogP contribution in [0.15, 0.2) is 41.4 Å². The van der Waals surface area contributed by atoms with Gasteiger partial charge in [-0.25, -0.2) is 13.4 Å². The average Bonchev–Trinajstić information content (AvgIpc) is 3.29. The van der Waals surface area contributed by atoms with Crippen LogP contribution in [0.25, 0.3) is 0 Å². The van der Waals surface area contributed by atoms with Gasteiger partial charge in [-0.05, 0) is 56.9 Å². The van der Waals surface area contributed by atoms with Crippen molar-refractivity contribution in [3.05, 3.63) is 47.9 Å². The largest absolute Gasteiger partial charge is 0.472 e. The van der Waals surface area contributed by atoms with E-state index < -0.39 is 10.0 Å². The Morgan fingerprint density at radius 3 is 2.50 bits per heavy atom. The van der Waals surface area contributed by atoms with Crippen molar-refractivity contribution in [3.8, 4) is 5.88 Å². The Labute approximate surface area is 176 Å². The number of sulfonamides is 1. The Hall–Kier alpha value is -2.52. The van der Waals surface area contributed by atoms with Gasteiger partial charge >= 0.3 is 0 Å². The number of likely N-dealkylation sites (tertiary alicyclic amines) is 1. The summed E-state index contributed by atoms with van der Waals surface area (Å²) in [5.41, 5.74) is 0.480. The number of hydrogen-bond donors (Lipinski definition) is 0. The molecule has 160 valence electrons. The predicted octanol–water partition coefficient (Wildman–Crippen LogP) is 2.25. The van der Waals surface area contributed by atoms with Crippen molar-refractivity contribution >= 4 is 15.9 Å². The first-order valence-electron chi connectivity index (χ1n) is 10.3. The second kappa shape index (κ2) is 8.69. The molecule has 1 unspecified atom stereocenters. The number of amides is 1. The molecular weight excluding hydrogens is 404 g/mol. The number of carbonyl (C=O) groups is 1. The summed E-state index contributed by atoms with van der Waals surface area (Å²) >= 11 is 0. The predicted molar refractivity (Wildman–Crippen MR) is 111 cm³/mol. The van der Waals surface area contributed by atoms with Crippen molar-refractivity contribution in [2.24, 2.45) is 0 Å². The lowest BCUT2D eigenvalue weighted by Gasteiger charge is -2.32. The first-order valence-corrected chi connectivity index (χ1v) is 11.7. The molecule has 2 aliphatic heterocycles. The summed E-state index contributed by atoms with van der Waals surface area (Å²) < 4.78 is 32.8. The molecule has 30 heavy (non-hydrogen) atoms. The van der Waals surface area contributed by atoms with Gasteiger partial charge in [-0.3, -0.25) is 4.79 Å². The third-order valence-corrected chi connectivity index (χ3v) is 7.42. The van der Waals surface area contributed by atoms with Crippen molar-refractivity contribution < 1.29 is 17.9 Å². The molecule has 1 amide bonds. The van der Waals surface area contributed by atoms with E-state index in [4.69, 9.17) is 4.74 Å². The number of benzene rings is 1. The molecule has 1 atom stereocenters. The summed E-state index contributed by atoms with van der Waals surface area (Å²) in [5, 5.41) is 0. The lowest BCUT2D eigenvalue weighted by Crippen LogP contribution is -2.44. The minimum atomic E-state index is -3.48. The highest BCUT2D eigenvalue weighted by atomic mass is 32.2. The smallest absolute Gasteiger partial charge is 0.253 e. The van der Waals surface area contributed by atoms with Gasteiger partial charge in [-0.15, -0.1) is 0 Å². The zero-order chi connectivity index (χ0) is 21.1. The minimum absolute atomic E-state index is 0.118. The van der Waals surface area contributed by atoms with Crippen molar-refractivity contribution in [1.82, 2.24) is 19.2 Å². The zero-order valence-electron chi connectivity index (χ0n) is 17.0. The number of carbonyl (C=O) groups excluding carboxylic acids is 1. The Morgan fingerprint density at radius 1 is 1.07 bits per heavy atom. The normalized spacial score (nSPS) is 20.3. The highest BCUT2D eigenvalue weighted by Gasteiger charge is 2.29. The summed E-state index contributed by atoms with van der Waals surface area (Å²) in [7, 11) is -3.48. The van der Waals surface area contributed by atoms with Crippen LogP contribution in [0.2, 0.25) is 0 Å². The van der Waals surface area contributed by atoms with Crippen LogP contribution in [-0.4, -0.2) is 65.8 Å². The van der Waals surface area contributed by atoms with E-state index >= 15 is 0 Å². The monoisotopic (exact) mass is 430 g/mol. The number of piperidine rings is 1. The van der Waals surface area contributed by atoms with Gasteiger partial charge in [0.1, 0.15) is 11.9 Å². The third kappa shape index (κ3) is 4.46. The van der Waals surface area contributed by atoms with Crippen LogP contribution in [0.5, 0.6) is 5.88 Å². The summed E-state index contributed by atoms with van der Waals surface area (Å²) in [6.45, 7) is 4.04. The molecule has 2 saturated heterocycles. The zero-order valence-corrected chi connectivity index (χ0v) is 17.8. The molecule has 0 saturated carbocycles. The maximum Gasteiger partial charge on any atom is 0.253 e. The maximum absolute atomic E-state index is 13.0. The Balaban J connectivity index is 1.42. The Morgan fingerprint density at radius 2 is 1.80 bits per heavy atom. The summed E-state index contributed by atoms with van der Waals surface area (Å²) in [5.74, 6) is 1.03. The van der Waals surface area contributed by atoms with Crippen molar-refractivity contribution in [1.29, 1.82) is 0 Å². The van der Waals surface area contributed by atoms with Gasteiger partial charge in [0, 0.05) is 37.5 Å². The molecule has 1 aromatic heterocycles. The van der Waals surface area contributed by atoms with E-state index in [1.54, 1.807) is 36.2 Å². The standard InChI is InChI=1S/C21H26N4O4S/c1-16-22-11-10-20(23-16)29-18-5-4-12-24(15-18)21(26)17-6-8-19(9-7-17)30(27,28)25-13-2-3-14-25/h6-11,18H,2-5,12-15H2,1H3. The molecular formula is C21H26N4O4S. The second-order valence-corrected chi connectivity index (χ2v) is 9.65. The Bertz CT molecular complexity index is 1000. The fraction of sp³-hybridized carbons (Fsp3) is 0.476. The molecule has 0 aliphatic carbocycles. The molecule has 3 heterocycles. The maximum atomic E-state index is 13.0. The Kier molecular flexibility index (Phi) is 6.01. The number of hydrogen-bond acceptors (Lipinski definition) is 6. The highest BCUT2D eigenvalue weighted by Crippen LogP contribution is 2.23. The molecule has 0 N–H and O–H groups in total. The first-order chi connectivity index (χ1) is 14.4. The van der Waals surface area contributed by atoms with Gasteiger partial charge in [0.2, 0.25) is 15.9 Å². The molecule has 0 bridgehead atoms. The molecule has 4 rings (SSSR count). The molecule has 2 aromatic rings. The van der Waals surface area contributed by atoms with E-state index in [-0.39, 0.29) is 16.9 Å². The number of rotatable bonds is 5. The SMILES string of the molecule is Cc1nccc(OC2CCCN(C(=O)c3ccc(S(=O)(=O)N4CCCC4)cc3)C2)n1. The molecule has 0 radical (unpaired) electrons. The number of nitrogens with zero attached hydrogens (tertiary/aromatic N) is 4. The summed E-state index contributed by atoms with van der Waals surface area (Å²) in [6, 6.07) is 7.98. The van der Waals surface area contributed by atoms with Gasteiger partial charge in [-0.1, -0.05) is 0 Å². The number of aryl methyl sites for hydroxylation is 1. The highest BCUT2D eigenvalue weighted by molar-refractivity contribution is 7.89. The van der Waals surface area contributed by atoms with Gasteiger partial charge in [-0.2, -0.15) is 9.29 Å². The average molecular weight is 431 g/mol. The fourth-order valence-electron chi connectivity index (χ4n) is 3.92. The van der Waals surface area contributed by atoms with Crippen LogP contribution in [0.1, 0.15) is 41.9 Å². The van der Waals surface area contributed by atoms with Crippen molar-refractivity contribution in [2.75, 3.05) is 26.2 Å². The van der Waals surface area contributed by atoms with Crippen LogP contribution in [0.3, 0.4) is 0 Å². The van der Waals surface area contributed by atoms with E-state index in [0.717, 1.165) is 25.7 Å². The van der Waals surface area contributed by atoms with E-state index in [9.17, 15) is 13.2 Å². The third-order valence-electron chi connectivity index (χ3n) is 5.51. The number of aromatic nitrogens is 2. The molecule has 0 spiro atoms. The lowest BCUT2D eigenvalue weighted by molar-refractivity contribution is 0.0527. The van der Waals surface area contributed by atoms with Gasteiger partial charge in [0.25, 0.3) is 5.91 Å². The van der Waals surface area contributed by atoms with Crippen molar-refractivity contribution in [2.45, 2.75) is 43.6 Å². The molecule has 2 aliphatic rings. The minimum Gasteiger partial charge on any atom is -0.472 e. The van der Waals surface area contributed by atoms with E-state index in [1.165, 1.54) is 16.4 Å². The van der Waals surface area contributed by atoms with Gasteiger partial charge in [0.05, 0.1) is 11.4 Å². The summed E-state index contributed by atoms with van der Waals surface area (Å²) in [6.07, 6.45) is 4.99. The van der Waals surface area contributed by atoms with Gasteiger partial charge < -0.3 is 9.64 Å². The van der Waals surface area contributed by atoms with E-state index in [0.29, 0.717) is 43.4 Å². The lowest BCUT2D eigenvalue weighted by atomic mass is 10.1. The fourth-order valence-corrected chi connectivity index (χ4v) is 5.44. The first kappa shape index (κ1) is 20.7. The quantitative estimate of drug-likeness (QED) is 0.722.